The first-order valence-electron chi connectivity index (χ1n) is 6.99. The van der Waals surface area contributed by atoms with Gasteiger partial charge in [0, 0.05) is 33.3 Å². The van der Waals surface area contributed by atoms with Gasteiger partial charge in [0.2, 0.25) is 5.91 Å². The van der Waals surface area contributed by atoms with E-state index in [1.165, 1.54) is 11.0 Å². The molecule has 0 aromatic heterocycles. The smallest absolute Gasteiger partial charge is 0.241 e. The van der Waals surface area contributed by atoms with Crippen molar-refractivity contribution in [2.45, 2.75) is 6.54 Å². The molecule has 0 fully saturated rings. The fourth-order valence-electron chi connectivity index (χ4n) is 1.55. The number of halogens is 2. The molecule has 0 aliphatic carbocycles. The number of nitrogens with one attached hydrogen (secondary N) is 2. The monoisotopic (exact) mass is 438 g/mol. The third kappa shape index (κ3) is 8.70. The van der Waals surface area contributed by atoms with Crippen LogP contribution in [0.5, 0.6) is 0 Å². The summed E-state index contributed by atoms with van der Waals surface area (Å²) in [7, 11) is 4.96. The van der Waals surface area contributed by atoms with Crippen LogP contribution in [0.15, 0.2) is 29.3 Å². The summed E-state index contributed by atoms with van der Waals surface area (Å²) in [6.45, 7) is 1.34. The maximum Gasteiger partial charge on any atom is 0.241 e. The van der Waals surface area contributed by atoms with E-state index in [2.05, 4.69) is 15.6 Å². The molecule has 1 rings (SSSR count). The largest absolute Gasteiger partial charge is 0.383 e. The lowest BCUT2D eigenvalue weighted by molar-refractivity contribution is -0.127. The van der Waals surface area contributed by atoms with Gasteiger partial charge in [0.15, 0.2) is 5.96 Å². The van der Waals surface area contributed by atoms with Gasteiger partial charge in [-0.05, 0) is 6.07 Å². The second kappa shape index (κ2) is 12.1. The fraction of sp³-hybridized carbons (Fsp3) is 0.467. The molecule has 0 aliphatic heterocycles. The molecule has 0 aliphatic rings. The lowest BCUT2D eigenvalue weighted by atomic mass is 10.2. The van der Waals surface area contributed by atoms with Crippen LogP contribution in [0.3, 0.4) is 0 Å². The summed E-state index contributed by atoms with van der Waals surface area (Å²) >= 11 is 0. The van der Waals surface area contributed by atoms with Crippen molar-refractivity contribution in [2.24, 2.45) is 4.99 Å². The Morgan fingerprint density at radius 2 is 2.00 bits per heavy atom. The molecule has 1 aromatic rings. The number of carbonyl (C=O) groups excluding carboxylic acids is 1. The third-order valence-corrected chi connectivity index (χ3v) is 2.87. The van der Waals surface area contributed by atoms with Crippen LogP contribution < -0.4 is 10.6 Å². The molecule has 0 spiro atoms. The molecule has 0 heterocycles. The van der Waals surface area contributed by atoms with Crippen LogP contribution in [0.2, 0.25) is 0 Å². The number of methoxy groups -OCH3 is 1. The van der Waals surface area contributed by atoms with E-state index in [1.807, 2.05) is 0 Å². The molecule has 23 heavy (non-hydrogen) atoms. The Morgan fingerprint density at radius 3 is 2.61 bits per heavy atom. The molecule has 1 amide bonds. The number of carbonyl (C=O) groups is 1. The average Bonchev–Trinajstić information content (AvgIpc) is 2.50. The molecule has 0 atom stereocenters. The number of benzene rings is 1. The molecule has 1 aromatic carbocycles. The van der Waals surface area contributed by atoms with E-state index in [4.69, 9.17) is 4.74 Å². The van der Waals surface area contributed by atoms with Crippen LogP contribution in [-0.4, -0.2) is 57.7 Å². The number of amides is 1. The molecular formula is C15H24FIN4O2. The molecule has 6 nitrogen and oxygen atoms in total. The number of likely N-dealkylation sites (N-methyl/N-ethyl adjacent to an activating group) is 1. The molecule has 0 unspecified atom stereocenters. The van der Waals surface area contributed by atoms with Gasteiger partial charge in [-0.3, -0.25) is 4.79 Å². The summed E-state index contributed by atoms with van der Waals surface area (Å²) in [6.07, 6.45) is 0. The van der Waals surface area contributed by atoms with Gasteiger partial charge in [-0.1, -0.05) is 18.2 Å². The molecule has 8 heteroatoms. The molecule has 2 N–H and O–H groups in total. The number of hydrogen-bond donors (Lipinski definition) is 2. The number of ether oxygens (including phenoxy) is 1. The zero-order valence-electron chi connectivity index (χ0n) is 13.6. The normalized spacial score (nSPS) is 10.7. The zero-order valence-corrected chi connectivity index (χ0v) is 16.0. The molecule has 0 bridgehead atoms. The van der Waals surface area contributed by atoms with Crippen molar-refractivity contribution >= 4 is 35.8 Å². The van der Waals surface area contributed by atoms with E-state index in [1.54, 1.807) is 39.4 Å². The van der Waals surface area contributed by atoms with Crippen LogP contribution in [-0.2, 0) is 16.1 Å². The third-order valence-electron chi connectivity index (χ3n) is 2.87. The van der Waals surface area contributed by atoms with E-state index in [0.29, 0.717) is 24.7 Å². The van der Waals surface area contributed by atoms with Crippen molar-refractivity contribution in [3.8, 4) is 0 Å². The SMILES string of the molecule is COCCNC(=NCc1ccccc1F)NCC(=O)N(C)C.I. The maximum atomic E-state index is 13.6. The van der Waals surface area contributed by atoms with Crippen LogP contribution in [0, 0.1) is 5.82 Å². The number of guanidine groups is 1. The number of nitrogens with zero attached hydrogens (tertiary/aromatic N) is 2. The van der Waals surface area contributed by atoms with Gasteiger partial charge >= 0.3 is 0 Å². The Bertz CT molecular complexity index is 512. The number of rotatable bonds is 7. The summed E-state index contributed by atoms with van der Waals surface area (Å²) in [4.78, 5) is 17.4. The second-order valence-corrected chi connectivity index (χ2v) is 4.82. The van der Waals surface area contributed by atoms with Gasteiger partial charge in [0.05, 0.1) is 19.7 Å². The van der Waals surface area contributed by atoms with Gasteiger partial charge in [0.25, 0.3) is 0 Å². The predicted molar refractivity (Wildman–Crippen MR) is 99.5 cm³/mol. The van der Waals surface area contributed by atoms with Gasteiger partial charge in [-0.25, -0.2) is 9.38 Å². The summed E-state index contributed by atoms with van der Waals surface area (Å²) < 4.78 is 18.5. The average molecular weight is 438 g/mol. The molecular weight excluding hydrogens is 414 g/mol. The maximum absolute atomic E-state index is 13.6. The van der Waals surface area contributed by atoms with Crippen molar-refractivity contribution < 1.29 is 13.9 Å². The van der Waals surface area contributed by atoms with Gasteiger partial charge in [0.1, 0.15) is 5.82 Å². The highest BCUT2D eigenvalue weighted by Crippen LogP contribution is 2.07. The summed E-state index contributed by atoms with van der Waals surface area (Å²) in [5.41, 5.74) is 0.495. The first kappa shape index (κ1) is 21.6. The van der Waals surface area contributed by atoms with E-state index >= 15 is 0 Å². The Labute approximate surface area is 153 Å². The van der Waals surface area contributed by atoms with Crippen molar-refractivity contribution in [2.75, 3.05) is 40.9 Å². The molecule has 0 radical (unpaired) electrons. The summed E-state index contributed by atoms with van der Waals surface area (Å²) in [5, 5.41) is 5.94. The Balaban J connectivity index is 0.00000484. The van der Waals surface area contributed by atoms with E-state index in [-0.39, 0.29) is 48.8 Å². The van der Waals surface area contributed by atoms with Gasteiger partial charge < -0.3 is 20.3 Å². The van der Waals surface area contributed by atoms with Crippen LogP contribution in [0.4, 0.5) is 4.39 Å². The highest BCUT2D eigenvalue weighted by Gasteiger charge is 2.06. The standard InChI is InChI=1S/C15H23FN4O2.HI/c1-20(2)14(21)11-19-15(17-8-9-22-3)18-10-12-6-4-5-7-13(12)16;/h4-7H,8-11H2,1-3H3,(H2,17,18,19);1H. The van der Waals surface area contributed by atoms with E-state index < -0.39 is 0 Å². The summed E-state index contributed by atoms with van der Waals surface area (Å²) in [5.74, 6) is 0.0643. The first-order chi connectivity index (χ1) is 10.5. The molecule has 0 saturated carbocycles. The Hall–Kier alpha value is -1.42. The summed E-state index contributed by atoms with van der Waals surface area (Å²) in [6, 6.07) is 6.46. The highest BCUT2D eigenvalue weighted by atomic mass is 127. The van der Waals surface area contributed by atoms with E-state index in [0.717, 1.165) is 0 Å². The zero-order chi connectivity index (χ0) is 16.4. The Morgan fingerprint density at radius 1 is 1.30 bits per heavy atom. The van der Waals surface area contributed by atoms with Crippen molar-refractivity contribution in [3.63, 3.8) is 0 Å². The topological polar surface area (TPSA) is 66.0 Å². The van der Waals surface area contributed by atoms with Gasteiger partial charge in [-0.15, -0.1) is 24.0 Å². The predicted octanol–water partition coefficient (Wildman–Crippen LogP) is 1.21. The minimum atomic E-state index is -0.299. The molecule has 0 saturated heterocycles. The van der Waals surface area contributed by atoms with Crippen molar-refractivity contribution in [1.82, 2.24) is 15.5 Å². The highest BCUT2D eigenvalue weighted by molar-refractivity contribution is 14.0. The minimum absolute atomic E-state index is 0. The van der Waals surface area contributed by atoms with Crippen molar-refractivity contribution in [3.05, 3.63) is 35.6 Å². The second-order valence-electron chi connectivity index (χ2n) is 4.82. The fourth-order valence-corrected chi connectivity index (χ4v) is 1.55. The van der Waals surface area contributed by atoms with Crippen LogP contribution in [0.1, 0.15) is 5.56 Å². The number of hydrogen-bond acceptors (Lipinski definition) is 3. The van der Waals surface area contributed by atoms with Crippen molar-refractivity contribution in [1.29, 1.82) is 0 Å². The number of aliphatic imine (C=N–C) groups is 1. The lowest BCUT2D eigenvalue weighted by Gasteiger charge is -2.14. The lowest BCUT2D eigenvalue weighted by Crippen LogP contribution is -2.43. The minimum Gasteiger partial charge on any atom is -0.383 e. The van der Waals surface area contributed by atoms with E-state index in [9.17, 15) is 9.18 Å². The Kier molecular flexibility index (Phi) is 11.3. The van der Waals surface area contributed by atoms with Crippen LogP contribution >= 0.6 is 24.0 Å². The molecule has 130 valence electrons. The quantitative estimate of drug-likeness (QED) is 0.291. The first-order valence-corrected chi connectivity index (χ1v) is 6.99. The van der Waals surface area contributed by atoms with Crippen LogP contribution in [0.25, 0.3) is 0 Å². The van der Waals surface area contributed by atoms with Gasteiger partial charge in [-0.2, -0.15) is 0 Å².